The van der Waals surface area contributed by atoms with Crippen LogP contribution in [-0.2, 0) is 14.3 Å². The van der Waals surface area contributed by atoms with Crippen LogP contribution in [0.4, 0.5) is 0 Å². The van der Waals surface area contributed by atoms with Crippen molar-refractivity contribution in [2.24, 2.45) is 11.8 Å². The highest BCUT2D eigenvalue weighted by Crippen LogP contribution is 2.32. The number of hydrogen-bond donors (Lipinski definition) is 0. The van der Waals surface area contributed by atoms with Crippen molar-refractivity contribution in [2.45, 2.75) is 70.1 Å². The average molecular weight is 339 g/mol. The van der Waals surface area contributed by atoms with Crippen molar-refractivity contribution in [3.8, 4) is 0 Å². The fourth-order valence-electron chi connectivity index (χ4n) is 3.46. The quantitative estimate of drug-likeness (QED) is 0.490. The summed E-state index contributed by atoms with van der Waals surface area (Å²) in [6, 6.07) is 7.01. The molecule has 23 heavy (non-hydrogen) atoms. The lowest BCUT2D eigenvalue weighted by Gasteiger charge is -2.28. The van der Waals surface area contributed by atoms with E-state index in [2.05, 4.69) is 6.92 Å². The van der Waals surface area contributed by atoms with Crippen LogP contribution >= 0.6 is 0 Å². The lowest BCUT2D eigenvalue weighted by molar-refractivity contribution is 0.181. The molecule has 0 atom stereocenters. The second kappa shape index (κ2) is 8.84. The summed E-state index contributed by atoms with van der Waals surface area (Å²) in [4.78, 5) is 0.299. The maximum atomic E-state index is 12.3. The van der Waals surface area contributed by atoms with E-state index in [9.17, 15) is 8.42 Å². The lowest BCUT2D eigenvalue weighted by Crippen LogP contribution is -2.21. The molecule has 0 spiro atoms. The van der Waals surface area contributed by atoms with Crippen LogP contribution in [0.1, 0.15) is 63.9 Å². The summed E-state index contributed by atoms with van der Waals surface area (Å²) in [5.41, 5.74) is 0.743. The largest absolute Gasteiger partial charge is 0.297 e. The Hall–Kier alpha value is -0.870. The molecule has 130 valence electrons. The van der Waals surface area contributed by atoms with Gasteiger partial charge in [0.1, 0.15) is 0 Å². The molecule has 0 radical (unpaired) electrons. The first-order valence-corrected chi connectivity index (χ1v) is 10.4. The van der Waals surface area contributed by atoms with Crippen LogP contribution in [0.15, 0.2) is 29.2 Å². The highest BCUT2D eigenvalue weighted by Gasteiger charge is 2.24. The fourth-order valence-corrected chi connectivity index (χ4v) is 4.66. The van der Waals surface area contributed by atoms with Crippen molar-refractivity contribution in [3.63, 3.8) is 0 Å². The maximum absolute atomic E-state index is 12.3. The van der Waals surface area contributed by atoms with Gasteiger partial charge in [0.05, 0.1) is 11.5 Å². The van der Waals surface area contributed by atoms with Gasteiger partial charge < -0.3 is 0 Å². The number of aryl methyl sites for hydroxylation is 1. The Labute approximate surface area is 141 Å². The van der Waals surface area contributed by atoms with E-state index in [1.165, 1.54) is 38.5 Å². The van der Waals surface area contributed by atoms with E-state index in [0.717, 1.165) is 24.3 Å². The van der Waals surface area contributed by atoms with Crippen LogP contribution in [0.2, 0.25) is 0 Å². The number of hydrogen-bond acceptors (Lipinski definition) is 3. The standard InChI is InChI=1S/C19H30O3S/c1-3-4-5-9-17-11-13-18(14-12-17)15-22-23(20,21)19-10-7-6-8-16(19)2/h6-8,10,17-18H,3-5,9,11-15H2,1-2H3/t17-,18-. The zero-order valence-electron chi connectivity index (χ0n) is 14.5. The smallest absolute Gasteiger partial charge is 0.266 e. The molecule has 0 amide bonds. The maximum Gasteiger partial charge on any atom is 0.297 e. The highest BCUT2D eigenvalue weighted by atomic mass is 32.2. The first-order chi connectivity index (χ1) is 11.0. The van der Waals surface area contributed by atoms with Crippen LogP contribution in [0.3, 0.4) is 0 Å². The molecular formula is C19H30O3S. The predicted octanol–water partition coefficient (Wildman–Crippen LogP) is 5.09. The van der Waals surface area contributed by atoms with Gasteiger partial charge in [0.2, 0.25) is 0 Å². The number of rotatable bonds is 8. The van der Waals surface area contributed by atoms with Crippen molar-refractivity contribution >= 4 is 10.1 Å². The van der Waals surface area contributed by atoms with Crippen LogP contribution in [0.25, 0.3) is 0 Å². The Morgan fingerprint density at radius 2 is 1.70 bits per heavy atom. The molecule has 0 aliphatic heterocycles. The van der Waals surface area contributed by atoms with Gasteiger partial charge in [-0.2, -0.15) is 8.42 Å². The van der Waals surface area contributed by atoms with Crippen LogP contribution in [-0.4, -0.2) is 15.0 Å². The molecule has 2 rings (SSSR count). The van der Waals surface area contributed by atoms with Crippen molar-refractivity contribution < 1.29 is 12.6 Å². The van der Waals surface area contributed by atoms with Gasteiger partial charge in [-0.1, -0.05) is 63.6 Å². The molecule has 0 saturated heterocycles. The molecular weight excluding hydrogens is 308 g/mol. The zero-order valence-corrected chi connectivity index (χ0v) is 15.3. The highest BCUT2D eigenvalue weighted by molar-refractivity contribution is 7.86. The molecule has 1 aromatic rings. The summed E-state index contributed by atoms with van der Waals surface area (Å²) in [6.45, 7) is 4.37. The predicted molar refractivity (Wildman–Crippen MR) is 93.9 cm³/mol. The van der Waals surface area contributed by atoms with Gasteiger partial charge >= 0.3 is 0 Å². The third-order valence-electron chi connectivity index (χ3n) is 5.00. The van der Waals surface area contributed by atoms with E-state index in [-0.39, 0.29) is 0 Å². The molecule has 0 N–H and O–H groups in total. The van der Waals surface area contributed by atoms with E-state index in [1.54, 1.807) is 25.1 Å². The number of benzene rings is 1. The molecule has 1 saturated carbocycles. The topological polar surface area (TPSA) is 43.4 Å². The van der Waals surface area contributed by atoms with Gasteiger partial charge in [-0.3, -0.25) is 4.18 Å². The van der Waals surface area contributed by atoms with Crippen molar-refractivity contribution in [3.05, 3.63) is 29.8 Å². The van der Waals surface area contributed by atoms with E-state index in [0.29, 0.717) is 17.4 Å². The molecule has 0 aromatic heterocycles. The molecule has 0 heterocycles. The Morgan fingerprint density at radius 3 is 2.35 bits per heavy atom. The Kier molecular flexibility index (Phi) is 7.09. The van der Waals surface area contributed by atoms with Crippen LogP contribution < -0.4 is 0 Å². The van der Waals surface area contributed by atoms with E-state index < -0.39 is 10.1 Å². The van der Waals surface area contributed by atoms with Crippen molar-refractivity contribution in [1.82, 2.24) is 0 Å². The summed E-state index contributed by atoms with van der Waals surface area (Å²) in [7, 11) is -3.62. The normalized spacial score (nSPS) is 22.2. The minimum absolute atomic E-state index is 0.299. The number of unbranched alkanes of at least 4 members (excludes halogenated alkanes) is 2. The summed E-state index contributed by atoms with van der Waals surface area (Å²) < 4.78 is 30.0. The Bertz CT molecular complexity index is 572. The first kappa shape index (κ1) is 18.5. The van der Waals surface area contributed by atoms with Crippen molar-refractivity contribution in [2.75, 3.05) is 6.61 Å². The van der Waals surface area contributed by atoms with Gasteiger partial charge in [0.25, 0.3) is 10.1 Å². The Balaban J connectivity index is 1.78. The summed E-state index contributed by atoms with van der Waals surface area (Å²) in [5, 5.41) is 0. The monoisotopic (exact) mass is 338 g/mol. The van der Waals surface area contributed by atoms with Gasteiger partial charge in [0, 0.05) is 0 Å². The van der Waals surface area contributed by atoms with Gasteiger partial charge in [0.15, 0.2) is 0 Å². The minimum Gasteiger partial charge on any atom is -0.266 e. The fraction of sp³-hybridized carbons (Fsp3) is 0.684. The molecule has 1 aromatic carbocycles. The summed E-state index contributed by atoms with van der Waals surface area (Å²) in [5.74, 6) is 1.22. The molecule has 1 aliphatic rings. The second-order valence-corrected chi connectivity index (χ2v) is 8.47. The molecule has 1 fully saturated rings. The Morgan fingerprint density at radius 1 is 1.04 bits per heavy atom. The minimum atomic E-state index is -3.62. The molecule has 3 nitrogen and oxygen atoms in total. The second-order valence-electron chi connectivity index (χ2n) is 6.89. The van der Waals surface area contributed by atoms with Gasteiger partial charge in [-0.15, -0.1) is 0 Å². The summed E-state index contributed by atoms with van der Waals surface area (Å²) >= 11 is 0. The van der Waals surface area contributed by atoms with Crippen LogP contribution in [0, 0.1) is 18.8 Å². The van der Waals surface area contributed by atoms with Gasteiger partial charge in [-0.25, -0.2) is 0 Å². The molecule has 1 aliphatic carbocycles. The van der Waals surface area contributed by atoms with E-state index >= 15 is 0 Å². The zero-order chi connectivity index (χ0) is 16.7. The van der Waals surface area contributed by atoms with Gasteiger partial charge in [-0.05, 0) is 43.2 Å². The molecule has 4 heteroatoms. The molecule has 0 unspecified atom stereocenters. The average Bonchev–Trinajstić information content (AvgIpc) is 2.55. The van der Waals surface area contributed by atoms with Crippen LogP contribution in [0.5, 0.6) is 0 Å². The summed E-state index contributed by atoms with van der Waals surface area (Å²) in [6.07, 6.45) is 9.93. The third kappa shape index (κ3) is 5.61. The van der Waals surface area contributed by atoms with Crippen molar-refractivity contribution in [1.29, 1.82) is 0 Å². The van der Waals surface area contributed by atoms with E-state index in [4.69, 9.17) is 4.18 Å². The SMILES string of the molecule is CCCCC[C@H]1CC[C@H](COS(=O)(=O)c2ccccc2C)CC1. The third-order valence-corrected chi connectivity index (χ3v) is 6.45. The first-order valence-electron chi connectivity index (χ1n) is 8.98. The lowest BCUT2D eigenvalue weighted by atomic mass is 9.80. The van der Waals surface area contributed by atoms with E-state index in [1.807, 2.05) is 6.07 Å². The molecule has 0 bridgehead atoms.